The van der Waals surface area contributed by atoms with E-state index in [1.54, 1.807) is 6.07 Å². The molecule has 0 aromatic heterocycles. The normalized spacial score (nSPS) is 16.8. The van der Waals surface area contributed by atoms with Crippen LogP contribution in [-0.2, 0) is 0 Å². The number of thioether (sulfide) groups is 1. The lowest BCUT2D eigenvalue weighted by Gasteiger charge is -1.97. The quantitative estimate of drug-likeness (QED) is 0.805. The number of benzene rings is 1. The maximum absolute atomic E-state index is 11.8. The van der Waals surface area contributed by atoms with Crippen molar-refractivity contribution in [1.82, 2.24) is 5.43 Å². The average molecular weight is 246 g/mol. The van der Waals surface area contributed by atoms with E-state index in [2.05, 4.69) is 15.5 Å². The lowest BCUT2D eigenvalue weighted by atomic mass is 10.1. The second-order valence-corrected chi connectivity index (χ2v) is 4.66. The zero-order chi connectivity index (χ0) is 12.3. The molecular weight excluding hydrogens is 234 g/mol. The van der Waals surface area contributed by atoms with Crippen molar-refractivity contribution in [3.8, 4) is 0 Å². The number of amidine groups is 1. The highest BCUT2D eigenvalue weighted by atomic mass is 32.2. The van der Waals surface area contributed by atoms with Gasteiger partial charge in [0.1, 0.15) is 5.04 Å². The van der Waals surface area contributed by atoms with Crippen molar-refractivity contribution in [3.63, 3.8) is 0 Å². The lowest BCUT2D eigenvalue weighted by Crippen LogP contribution is -2.05. The molecule has 5 heteroatoms. The third-order valence-corrected chi connectivity index (χ3v) is 3.18. The van der Waals surface area contributed by atoms with Gasteiger partial charge in [-0.3, -0.25) is 4.79 Å². The molecule has 1 aromatic carbocycles. The molecule has 0 fully saturated rings. The van der Waals surface area contributed by atoms with Crippen molar-refractivity contribution in [2.24, 2.45) is 10.1 Å². The summed E-state index contributed by atoms with van der Waals surface area (Å²) in [5.41, 5.74) is 5.48. The molecule has 17 heavy (non-hydrogen) atoms. The van der Waals surface area contributed by atoms with Gasteiger partial charge in [0, 0.05) is 5.56 Å². The van der Waals surface area contributed by atoms with Crippen LogP contribution in [0.5, 0.6) is 0 Å². The number of aryl methyl sites for hydroxylation is 1. The SMILES string of the molecule is CCC1=N[N]C(=NC(=O)c2cccc(C)c2)S1. The van der Waals surface area contributed by atoms with E-state index < -0.39 is 0 Å². The van der Waals surface area contributed by atoms with E-state index in [4.69, 9.17) is 0 Å². The third kappa shape index (κ3) is 2.94. The Balaban J connectivity index is 2.10. The van der Waals surface area contributed by atoms with Gasteiger partial charge in [0.25, 0.3) is 5.91 Å². The summed E-state index contributed by atoms with van der Waals surface area (Å²) < 4.78 is 0. The number of hydrogen-bond acceptors (Lipinski definition) is 3. The summed E-state index contributed by atoms with van der Waals surface area (Å²) in [6, 6.07) is 7.35. The van der Waals surface area contributed by atoms with Gasteiger partial charge < -0.3 is 0 Å². The monoisotopic (exact) mass is 246 g/mol. The summed E-state index contributed by atoms with van der Waals surface area (Å²) in [5.74, 6) is -0.271. The topological polar surface area (TPSA) is 55.9 Å². The molecule has 0 unspecified atom stereocenters. The molecule has 1 aromatic rings. The summed E-state index contributed by atoms with van der Waals surface area (Å²) in [6.07, 6.45) is 0.811. The van der Waals surface area contributed by atoms with Crippen LogP contribution in [0.4, 0.5) is 0 Å². The van der Waals surface area contributed by atoms with Crippen molar-refractivity contribution in [2.45, 2.75) is 20.3 Å². The summed E-state index contributed by atoms with van der Waals surface area (Å²) in [5, 5.41) is 5.24. The van der Waals surface area contributed by atoms with Gasteiger partial charge >= 0.3 is 0 Å². The van der Waals surface area contributed by atoms with Crippen LogP contribution in [-0.4, -0.2) is 16.1 Å². The Morgan fingerprint density at radius 2 is 2.29 bits per heavy atom. The number of aliphatic imine (C=N–C) groups is 1. The molecule has 0 N–H and O–H groups in total. The number of rotatable bonds is 2. The first-order valence-corrected chi connectivity index (χ1v) is 6.16. The van der Waals surface area contributed by atoms with Crippen molar-refractivity contribution >= 4 is 27.9 Å². The van der Waals surface area contributed by atoms with E-state index in [1.807, 2.05) is 32.0 Å². The van der Waals surface area contributed by atoms with Gasteiger partial charge in [-0.05, 0) is 37.2 Å². The Kier molecular flexibility index (Phi) is 3.58. The molecule has 1 aliphatic heterocycles. The Hall–Kier alpha value is -1.62. The third-order valence-electron chi connectivity index (χ3n) is 2.22. The molecule has 1 radical (unpaired) electrons. The first-order chi connectivity index (χ1) is 8.19. The fourth-order valence-corrected chi connectivity index (χ4v) is 2.01. The Labute approximate surface area is 104 Å². The summed E-state index contributed by atoms with van der Waals surface area (Å²) in [4.78, 5) is 15.8. The average Bonchev–Trinajstić information content (AvgIpc) is 2.77. The maximum Gasteiger partial charge on any atom is 0.279 e. The van der Waals surface area contributed by atoms with Gasteiger partial charge in [0.05, 0.1) is 0 Å². The number of carbonyl (C=O) groups excluding carboxylic acids is 1. The fraction of sp³-hybridized carbons (Fsp3) is 0.250. The molecule has 0 atom stereocenters. The van der Waals surface area contributed by atoms with Gasteiger partial charge in [0.2, 0.25) is 5.17 Å². The highest BCUT2D eigenvalue weighted by Crippen LogP contribution is 2.16. The lowest BCUT2D eigenvalue weighted by molar-refractivity contribution is 0.100. The summed E-state index contributed by atoms with van der Waals surface area (Å²) in [7, 11) is 0. The second kappa shape index (κ2) is 5.14. The zero-order valence-electron chi connectivity index (χ0n) is 9.67. The van der Waals surface area contributed by atoms with Crippen LogP contribution in [0.1, 0.15) is 29.3 Å². The molecule has 1 amide bonds. The van der Waals surface area contributed by atoms with Gasteiger partial charge in [-0.25, -0.2) is 0 Å². The Morgan fingerprint density at radius 1 is 1.47 bits per heavy atom. The number of nitrogens with zero attached hydrogens (tertiary/aromatic N) is 3. The molecule has 1 aliphatic rings. The standard InChI is InChI=1S/C12H12N3OS/c1-3-10-14-15-12(17-10)13-11(16)9-6-4-5-8(2)7-9/h4-7H,3H2,1-2H3. The van der Waals surface area contributed by atoms with E-state index in [1.165, 1.54) is 11.8 Å². The minimum absolute atomic E-state index is 0.271. The van der Waals surface area contributed by atoms with Crippen molar-refractivity contribution in [3.05, 3.63) is 35.4 Å². The van der Waals surface area contributed by atoms with E-state index >= 15 is 0 Å². The van der Waals surface area contributed by atoms with Crippen LogP contribution in [0.2, 0.25) is 0 Å². The Bertz CT molecular complexity index is 508. The number of amides is 1. The molecule has 0 saturated carbocycles. The highest BCUT2D eigenvalue weighted by molar-refractivity contribution is 8.26. The van der Waals surface area contributed by atoms with Crippen LogP contribution < -0.4 is 5.43 Å². The van der Waals surface area contributed by atoms with E-state index in [0.717, 1.165) is 17.0 Å². The van der Waals surface area contributed by atoms with Crippen LogP contribution >= 0.6 is 11.8 Å². The van der Waals surface area contributed by atoms with Crippen LogP contribution in [0.15, 0.2) is 34.4 Å². The maximum atomic E-state index is 11.8. The summed E-state index contributed by atoms with van der Waals surface area (Å²) in [6.45, 7) is 3.93. The predicted octanol–water partition coefficient (Wildman–Crippen LogP) is 2.57. The van der Waals surface area contributed by atoms with Crippen molar-refractivity contribution < 1.29 is 4.79 Å². The van der Waals surface area contributed by atoms with E-state index in [0.29, 0.717) is 10.7 Å². The molecule has 1 heterocycles. The smallest absolute Gasteiger partial charge is 0.267 e. The first-order valence-electron chi connectivity index (χ1n) is 5.34. The molecule has 4 nitrogen and oxygen atoms in total. The van der Waals surface area contributed by atoms with Gasteiger partial charge in [-0.1, -0.05) is 24.6 Å². The number of hydrogen-bond donors (Lipinski definition) is 0. The van der Waals surface area contributed by atoms with E-state index in [9.17, 15) is 4.79 Å². The second-order valence-electron chi connectivity index (χ2n) is 3.62. The van der Waals surface area contributed by atoms with Crippen LogP contribution in [0.3, 0.4) is 0 Å². The van der Waals surface area contributed by atoms with Gasteiger partial charge in [-0.15, -0.1) is 10.5 Å². The molecular formula is C12H12N3OS. The zero-order valence-corrected chi connectivity index (χ0v) is 10.5. The number of carbonyl (C=O) groups is 1. The van der Waals surface area contributed by atoms with E-state index in [-0.39, 0.29) is 5.91 Å². The van der Waals surface area contributed by atoms with Crippen LogP contribution in [0.25, 0.3) is 0 Å². The van der Waals surface area contributed by atoms with Gasteiger partial charge in [0.15, 0.2) is 0 Å². The van der Waals surface area contributed by atoms with Crippen molar-refractivity contribution in [1.29, 1.82) is 0 Å². The molecule has 0 bridgehead atoms. The largest absolute Gasteiger partial charge is 0.279 e. The molecule has 0 aliphatic carbocycles. The molecule has 2 rings (SSSR count). The summed E-state index contributed by atoms with van der Waals surface area (Å²) >= 11 is 1.35. The molecule has 0 saturated heterocycles. The predicted molar refractivity (Wildman–Crippen MR) is 70.4 cm³/mol. The molecule has 0 spiro atoms. The molecule has 87 valence electrons. The first kappa shape index (κ1) is 11.9. The fourth-order valence-electron chi connectivity index (χ4n) is 1.36. The van der Waals surface area contributed by atoms with Crippen molar-refractivity contribution in [2.75, 3.05) is 0 Å². The minimum atomic E-state index is -0.271. The highest BCUT2D eigenvalue weighted by Gasteiger charge is 2.16. The Morgan fingerprint density at radius 3 is 2.94 bits per heavy atom. The minimum Gasteiger partial charge on any atom is -0.267 e. The van der Waals surface area contributed by atoms with Gasteiger partial charge in [-0.2, -0.15) is 4.99 Å². The van der Waals surface area contributed by atoms with Crippen LogP contribution in [0, 0.1) is 6.92 Å².